The molecule has 6 nitrogen and oxygen atoms in total. The predicted octanol–water partition coefficient (Wildman–Crippen LogP) is 10.3. The Morgan fingerprint density at radius 3 is 2.39 bits per heavy atom. The molecule has 2 N–H and O–H groups in total. The van der Waals surface area contributed by atoms with E-state index in [1.165, 1.54) is 77.0 Å². The highest BCUT2D eigenvalue weighted by molar-refractivity contribution is 5.47. The Balaban J connectivity index is 0.000000199. The second-order valence-corrected chi connectivity index (χ2v) is 18.9. The first-order chi connectivity index (χ1) is 23.2. The highest BCUT2D eigenvalue weighted by atomic mass is 16.4. The van der Waals surface area contributed by atoms with E-state index in [9.17, 15) is 9.90 Å². The minimum Gasteiger partial charge on any atom is -0.425 e. The van der Waals surface area contributed by atoms with Gasteiger partial charge in [-0.25, -0.2) is 0 Å². The van der Waals surface area contributed by atoms with Gasteiger partial charge in [-0.1, -0.05) is 74.3 Å². The number of nitrogens with zero attached hydrogens (tertiary/aromatic N) is 2. The summed E-state index contributed by atoms with van der Waals surface area (Å²) in [7, 11) is 0. The molecule has 1 aromatic heterocycles. The lowest BCUT2D eigenvalue weighted by molar-refractivity contribution is -0.239. The van der Waals surface area contributed by atoms with Gasteiger partial charge in [0.15, 0.2) is 0 Å². The van der Waals surface area contributed by atoms with Crippen LogP contribution in [0.15, 0.2) is 17.1 Å². The molecule has 13 unspecified atom stereocenters. The van der Waals surface area contributed by atoms with E-state index in [0.717, 1.165) is 55.2 Å². The van der Waals surface area contributed by atoms with E-state index in [1.54, 1.807) is 6.08 Å². The van der Waals surface area contributed by atoms with Crippen molar-refractivity contribution in [2.24, 2.45) is 63.1 Å². The van der Waals surface area contributed by atoms with Crippen molar-refractivity contribution in [1.82, 2.24) is 15.5 Å². The van der Waals surface area contributed by atoms with Gasteiger partial charge in [0.05, 0.1) is 6.10 Å². The highest BCUT2D eigenvalue weighted by Gasteiger charge is 2.68. The monoisotopic (exact) mass is 680 g/mol. The Bertz CT molecular complexity index is 1260. The Hall–Kier alpha value is -1.69. The van der Waals surface area contributed by atoms with Crippen molar-refractivity contribution in [1.29, 1.82) is 0 Å². The van der Waals surface area contributed by atoms with Gasteiger partial charge in [0, 0.05) is 18.4 Å². The predicted molar refractivity (Wildman–Crippen MR) is 200 cm³/mol. The van der Waals surface area contributed by atoms with E-state index in [2.05, 4.69) is 77.5 Å². The molecule has 0 saturated heterocycles. The van der Waals surface area contributed by atoms with Crippen molar-refractivity contribution >= 4 is 6.41 Å². The van der Waals surface area contributed by atoms with Gasteiger partial charge in [0.1, 0.15) is 0 Å². The van der Waals surface area contributed by atoms with Crippen molar-refractivity contribution in [2.45, 2.75) is 177 Å². The van der Waals surface area contributed by atoms with Gasteiger partial charge in [-0.05, 0) is 147 Å². The fraction of sp³-hybridized carbons (Fsp3) is 0.884. The summed E-state index contributed by atoms with van der Waals surface area (Å²) < 4.78 is 5.66. The van der Waals surface area contributed by atoms with Gasteiger partial charge in [-0.15, -0.1) is 16.8 Å². The number of rotatable bonds is 7. The molecule has 0 aliphatic heterocycles. The first kappa shape index (κ1) is 38.5. The van der Waals surface area contributed by atoms with Crippen molar-refractivity contribution in [3.05, 3.63) is 24.4 Å². The third-order valence-corrected chi connectivity index (χ3v) is 16.2. The number of nitrogens with one attached hydrogen (secondary N) is 1. The molecule has 6 aliphatic rings. The summed E-state index contributed by atoms with van der Waals surface area (Å²) in [5.41, 5.74) is 2.06. The van der Waals surface area contributed by atoms with Gasteiger partial charge >= 0.3 is 0 Å². The van der Waals surface area contributed by atoms with E-state index in [4.69, 9.17) is 4.42 Å². The maximum atomic E-state index is 10.9. The van der Waals surface area contributed by atoms with Gasteiger partial charge in [-0.2, -0.15) is 0 Å². The minimum atomic E-state index is -0.0656. The molecule has 6 aliphatic carbocycles. The number of aliphatic hydroxyl groups is 1. The molecule has 278 valence electrons. The standard InChI is InChI=1S/C28H48O.C12H19N3O2.C3H6/c1-6-13-28-18-17-26(4)22-11-15-25(3)14-7-8-21(25)20(22)9-10-24(26)27(28,5)16-12-23(29)19(28)2;1-7(2)4-11-14-15-12(17-11)9-5-10(8(9)3)13-6-16;1-3-2/h19-24,29H,6-18H2,1-5H3;6-10H,4-5H2,1-3H3,(H,13,16);3H,1H2,2H3. The van der Waals surface area contributed by atoms with Crippen LogP contribution < -0.4 is 5.32 Å². The molecule has 6 saturated carbocycles. The summed E-state index contributed by atoms with van der Waals surface area (Å²) in [6.07, 6.45) is 22.5. The molecule has 0 spiro atoms. The van der Waals surface area contributed by atoms with Gasteiger partial charge in [0.25, 0.3) is 0 Å². The fourth-order valence-corrected chi connectivity index (χ4v) is 13.6. The van der Waals surface area contributed by atoms with E-state index >= 15 is 0 Å². The first-order valence-corrected chi connectivity index (χ1v) is 20.5. The number of hydrogen-bond acceptors (Lipinski definition) is 5. The van der Waals surface area contributed by atoms with E-state index in [-0.39, 0.29) is 12.1 Å². The average molecular weight is 680 g/mol. The molecule has 49 heavy (non-hydrogen) atoms. The molecule has 0 aromatic carbocycles. The van der Waals surface area contributed by atoms with Crippen LogP contribution in [0, 0.1) is 63.1 Å². The normalized spacial score (nSPS) is 45.1. The summed E-state index contributed by atoms with van der Waals surface area (Å²) >= 11 is 0. The number of amides is 1. The molecular formula is C43H73N3O3. The van der Waals surface area contributed by atoms with Crippen LogP contribution in [0.25, 0.3) is 0 Å². The van der Waals surface area contributed by atoms with Crippen molar-refractivity contribution < 1.29 is 14.3 Å². The highest BCUT2D eigenvalue weighted by Crippen LogP contribution is 2.75. The molecule has 6 heteroatoms. The van der Waals surface area contributed by atoms with Crippen LogP contribution in [0.3, 0.4) is 0 Å². The molecule has 1 heterocycles. The van der Waals surface area contributed by atoms with Crippen molar-refractivity contribution in [2.75, 3.05) is 0 Å². The Kier molecular flexibility index (Phi) is 11.9. The average Bonchev–Trinajstić information content (AvgIpc) is 3.68. The van der Waals surface area contributed by atoms with E-state index in [1.807, 2.05) is 6.92 Å². The van der Waals surface area contributed by atoms with Crippen LogP contribution in [-0.4, -0.2) is 33.9 Å². The lowest BCUT2D eigenvalue weighted by atomic mass is 9.33. The smallest absolute Gasteiger partial charge is 0.220 e. The summed E-state index contributed by atoms with van der Waals surface area (Å²) in [5, 5.41) is 21.9. The summed E-state index contributed by atoms with van der Waals surface area (Å²) in [4.78, 5) is 10.4. The van der Waals surface area contributed by atoms with Crippen LogP contribution in [0.4, 0.5) is 0 Å². The minimum absolute atomic E-state index is 0.0656. The number of allylic oxidation sites excluding steroid dienone is 1. The van der Waals surface area contributed by atoms with Crippen molar-refractivity contribution in [3.8, 4) is 0 Å². The SMILES string of the molecule is C=CC.CC(C)Cc1nnc(C2CC(NC=O)C2C)o1.CCCC12CCC3(C)C4CCC5(C)CCCC5C4CCC3C1(C)CCC(O)C2C. The Labute approximate surface area is 299 Å². The maximum Gasteiger partial charge on any atom is 0.220 e. The van der Waals surface area contributed by atoms with Crippen LogP contribution in [0.5, 0.6) is 0 Å². The fourth-order valence-electron chi connectivity index (χ4n) is 13.6. The lowest BCUT2D eigenvalue weighted by Crippen LogP contribution is -2.65. The second-order valence-electron chi connectivity index (χ2n) is 18.9. The molecule has 7 rings (SSSR count). The lowest BCUT2D eigenvalue weighted by Gasteiger charge is -2.72. The molecular weight excluding hydrogens is 606 g/mol. The second kappa shape index (κ2) is 15.1. The van der Waals surface area contributed by atoms with Crippen LogP contribution >= 0.6 is 0 Å². The summed E-state index contributed by atoms with van der Waals surface area (Å²) in [5.74, 6) is 7.01. The zero-order valence-corrected chi connectivity index (χ0v) is 32.9. The van der Waals surface area contributed by atoms with E-state index < -0.39 is 0 Å². The quantitative estimate of drug-likeness (QED) is 0.221. The number of aliphatic hydroxyl groups excluding tert-OH is 1. The van der Waals surface area contributed by atoms with Crippen LogP contribution in [0.1, 0.15) is 170 Å². The molecule has 0 radical (unpaired) electrons. The summed E-state index contributed by atoms with van der Waals surface area (Å²) in [6, 6.07) is 0.248. The maximum absolute atomic E-state index is 10.9. The van der Waals surface area contributed by atoms with Gasteiger partial charge in [0.2, 0.25) is 18.2 Å². The summed E-state index contributed by atoms with van der Waals surface area (Å²) in [6.45, 7) is 24.5. The van der Waals surface area contributed by atoms with Gasteiger partial charge in [-0.3, -0.25) is 4.79 Å². The molecule has 6 fully saturated rings. The van der Waals surface area contributed by atoms with Crippen molar-refractivity contribution in [3.63, 3.8) is 0 Å². The number of carbonyl (C=O) groups excluding carboxylic acids is 1. The third kappa shape index (κ3) is 6.72. The first-order valence-electron chi connectivity index (χ1n) is 20.5. The van der Waals surface area contributed by atoms with Crippen LogP contribution in [0.2, 0.25) is 0 Å². The zero-order valence-electron chi connectivity index (χ0n) is 32.9. The Morgan fingerprint density at radius 1 is 1.00 bits per heavy atom. The largest absolute Gasteiger partial charge is 0.425 e. The number of aromatic nitrogens is 2. The zero-order chi connectivity index (χ0) is 35.8. The molecule has 1 amide bonds. The number of carbonyl (C=O) groups is 1. The number of fused-ring (bicyclic) bond motifs is 7. The van der Waals surface area contributed by atoms with Gasteiger partial charge < -0.3 is 14.8 Å². The third-order valence-electron chi connectivity index (χ3n) is 16.2. The molecule has 13 atom stereocenters. The number of hydrogen-bond donors (Lipinski definition) is 2. The topological polar surface area (TPSA) is 88.3 Å². The Morgan fingerprint density at radius 2 is 1.73 bits per heavy atom. The molecule has 0 bridgehead atoms. The van der Waals surface area contributed by atoms with E-state index in [0.29, 0.717) is 51.2 Å². The van der Waals surface area contributed by atoms with Crippen LogP contribution in [-0.2, 0) is 11.2 Å². The molecule has 1 aromatic rings.